The second-order valence-electron chi connectivity index (χ2n) is 8.81. The van der Waals surface area contributed by atoms with Crippen molar-refractivity contribution in [3.05, 3.63) is 18.0 Å². The minimum Gasteiger partial charge on any atom is -0.355 e. The Hall–Kier alpha value is -2.39. The van der Waals surface area contributed by atoms with Crippen molar-refractivity contribution >= 4 is 17.4 Å². The van der Waals surface area contributed by atoms with Gasteiger partial charge >= 0.3 is 6.18 Å². The number of fused-ring (bicyclic) bond motifs is 1. The Morgan fingerprint density at radius 2 is 1.86 bits per heavy atom. The fourth-order valence-corrected chi connectivity index (χ4v) is 4.68. The van der Waals surface area contributed by atoms with Crippen LogP contribution in [0.3, 0.4) is 0 Å². The van der Waals surface area contributed by atoms with Crippen LogP contribution in [0, 0.1) is 11.8 Å². The number of piperidine rings is 1. The van der Waals surface area contributed by atoms with Crippen molar-refractivity contribution in [1.82, 2.24) is 24.7 Å². The van der Waals surface area contributed by atoms with E-state index >= 15 is 0 Å². The Labute approximate surface area is 166 Å². The number of hydrogen-bond acceptors (Lipinski definition) is 5. The molecule has 158 valence electrons. The van der Waals surface area contributed by atoms with Gasteiger partial charge in [-0.15, -0.1) is 15.3 Å². The molecule has 2 aliphatic heterocycles. The number of hydrogen-bond donors (Lipinski definition) is 0. The third-order valence-corrected chi connectivity index (χ3v) is 6.01. The van der Waals surface area contributed by atoms with E-state index in [1.165, 1.54) is 6.07 Å². The molecule has 4 heterocycles. The van der Waals surface area contributed by atoms with E-state index in [-0.39, 0.29) is 23.0 Å². The smallest absolute Gasteiger partial charge is 0.355 e. The Balaban J connectivity index is 1.47. The van der Waals surface area contributed by atoms with Gasteiger partial charge in [0.1, 0.15) is 5.82 Å². The van der Waals surface area contributed by atoms with Crippen molar-refractivity contribution in [3.8, 4) is 0 Å². The number of rotatable bonds is 2. The predicted octanol–water partition coefficient (Wildman–Crippen LogP) is 3.01. The number of likely N-dealkylation sites (tertiary alicyclic amines) is 1. The molecule has 29 heavy (non-hydrogen) atoms. The fourth-order valence-electron chi connectivity index (χ4n) is 4.68. The van der Waals surface area contributed by atoms with E-state index < -0.39 is 12.0 Å². The summed E-state index contributed by atoms with van der Waals surface area (Å²) in [5, 5.41) is 10.8. The summed E-state index contributed by atoms with van der Waals surface area (Å²) in [5.74, 6) is -0.0639. The maximum Gasteiger partial charge on any atom is 0.453 e. The fraction of sp³-hybridized carbons (Fsp3) is 0.684. The minimum atomic E-state index is -4.62. The lowest BCUT2D eigenvalue weighted by atomic mass is 9.92. The lowest BCUT2D eigenvalue weighted by molar-refractivity contribution is -0.146. The number of amides is 1. The van der Waals surface area contributed by atoms with Gasteiger partial charge in [0.05, 0.1) is 0 Å². The van der Waals surface area contributed by atoms with Crippen LogP contribution in [-0.2, 0) is 11.0 Å². The number of carbonyl (C=O) groups excluding carboxylic acids is 1. The molecule has 0 spiro atoms. The zero-order chi connectivity index (χ0) is 21.0. The zero-order valence-electron chi connectivity index (χ0n) is 16.8. The molecule has 1 amide bonds. The van der Waals surface area contributed by atoms with E-state index in [0.717, 1.165) is 17.5 Å². The Morgan fingerprint density at radius 3 is 2.45 bits per heavy atom. The van der Waals surface area contributed by atoms with E-state index in [4.69, 9.17) is 0 Å². The van der Waals surface area contributed by atoms with Gasteiger partial charge in [-0.05, 0) is 51.2 Å². The SMILES string of the molecule is CC1CN(C(=O)C2CCN(c3ccc4nnc(C(F)(F)F)n4n3)CC2)C(C)(C)C1. The lowest BCUT2D eigenvalue weighted by Gasteiger charge is -2.38. The van der Waals surface area contributed by atoms with Gasteiger partial charge < -0.3 is 9.80 Å². The molecule has 2 aromatic heterocycles. The van der Waals surface area contributed by atoms with Crippen LogP contribution in [0.5, 0.6) is 0 Å². The molecule has 0 N–H and O–H groups in total. The Bertz CT molecular complexity index is 916. The molecular weight excluding hydrogens is 385 g/mol. The molecule has 2 aromatic rings. The average molecular weight is 410 g/mol. The molecule has 10 heteroatoms. The van der Waals surface area contributed by atoms with Crippen LogP contribution in [0.1, 0.15) is 45.9 Å². The quantitative estimate of drug-likeness (QED) is 0.762. The highest BCUT2D eigenvalue weighted by molar-refractivity contribution is 5.80. The van der Waals surface area contributed by atoms with Gasteiger partial charge in [0.15, 0.2) is 5.65 Å². The van der Waals surface area contributed by atoms with Crippen molar-refractivity contribution in [2.75, 3.05) is 24.5 Å². The first-order valence-electron chi connectivity index (χ1n) is 9.92. The van der Waals surface area contributed by atoms with Crippen LogP contribution in [0.2, 0.25) is 0 Å². The molecule has 0 aromatic carbocycles. The summed E-state index contributed by atoms with van der Waals surface area (Å²) in [4.78, 5) is 17.0. The van der Waals surface area contributed by atoms with Crippen LogP contribution >= 0.6 is 0 Å². The topological polar surface area (TPSA) is 66.6 Å². The summed E-state index contributed by atoms with van der Waals surface area (Å²) in [6.45, 7) is 8.32. The highest BCUT2D eigenvalue weighted by Gasteiger charge is 2.42. The van der Waals surface area contributed by atoms with Crippen LogP contribution in [0.4, 0.5) is 19.0 Å². The zero-order valence-corrected chi connectivity index (χ0v) is 16.8. The third-order valence-electron chi connectivity index (χ3n) is 6.01. The number of alkyl halides is 3. The summed E-state index contributed by atoms with van der Waals surface area (Å²) >= 11 is 0. The minimum absolute atomic E-state index is 0.0523. The van der Waals surface area contributed by atoms with Crippen molar-refractivity contribution in [1.29, 1.82) is 0 Å². The number of carbonyl (C=O) groups is 1. The molecule has 2 saturated heterocycles. The van der Waals surface area contributed by atoms with Crippen molar-refractivity contribution in [2.45, 2.75) is 51.7 Å². The van der Waals surface area contributed by atoms with Gasteiger partial charge in [0, 0.05) is 31.1 Å². The summed E-state index contributed by atoms with van der Waals surface area (Å²) in [7, 11) is 0. The normalized spacial score (nSPS) is 23.2. The van der Waals surface area contributed by atoms with E-state index in [0.29, 0.717) is 37.7 Å². The summed E-state index contributed by atoms with van der Waals surface area (Å²) in [6, 6.07) is 3.13. The van der Waals surface area contributed by atoms with E-state index in [9.17, 15) is 18.0 Å². The number of halogens is 3. The van der Waals surface area contributed by atoms with Crippen LogP contribution in [0.15, 0.2) is 12.1 Å². The largest absolute Gasteiger partial charge is 0.453 e. The second kappa shape index (κ2) is 6.84. The van der Waals surface area contributed by atoms with Gasteiger partial charge in [-0.25, -0.2) is 0 Å². The van der Waals surface area contributed by atoms with Gasteiger partial charge in [0.25, 0.3) is 5.82 Å². The van der Waals surface area contributed by atoms with Crippen molar-refractivity contribution in [2.24, 2.45) is 11.8 Å². The van der Waals surface area contributed by atoms with Gasteiger partial charge in [-0.3, -0.25) is 4.79 Å². The monoisotopic (exact) mass is 410 g/mol. The molecule has 1 unspecified atom stereocenters. The summed E-state index contributed by atoms with van der Waals surface area (Å²) < 4.78 is 40.0. The molecule has 2 fully saturated rings. The van der Waals surface area contributed by atoms with Crippen LogP contribution < -0.4 is 4.90 Å². The summed E-state index contributed by atoms with van der Waals surface area (Å²) in [5.41, 5.74) is -0.0700. The van der Waals surface area contributed by atoms with E-state index in [1.54, 1.807) is 6.07 Å². The van der Waals surface area contributed by atoms with Crippen LogP contribution in [-0.4, -0.2) is 55.8 Å². The first-order chi connectivity index (χ1) is 13.6. The summed E-state index contributed by atoms with van der Waals surface area (Å²) in [6.07, 6.45) is -2.30. The molecule has 0 bridgehead atoms. The highest BCUT2D eigenvalue weighted by atomic mass is 19.4. The van der Waals surface area contributed by atoms with Gasteiger partial charge in [-0.2, -0.15) is 17.7 Å². The number of aromatic nitrogens is 4. The Kier molecular flexibility index (Phi) is 4.70. The standard InChI is InChI=1S/C19H25F3N6O/c1-12-10-18(2,3)27(11-12)16(29)13-6-8-26(9-7-13)15-5-4-14-23-24-17(19(20,21)22)28(14)25-15/h4-5,12-13H,6-11H2,1-3H3. The van der Waals surface area contributed by atoms with Gasteiger partial charge in [0.2, 0.25) is 5.91 Å². The number of anilines is 1. The maximum atomic E-state index is 13.1. The second-order valence-corrected chi connectivity index (χ2v) is 8.81. The molecule has 4 rings (SSSR count). The molecule has 0 saturated carbocycles. The lowest BCUT2D eigenvalue weighted by Crippen LogP contribution is -2.48. The molecule has 0 radical (unpaired) electrons. The van der Waals surface area contributed by atoms with E-state index in [1.807, 2.05) is 9.80 Å². The molecule has 2 aliphatic rings. The van der Waals surface area contributed by atoms with Gasteiger partial charge in [-0.1, -0.05) is 6.92 Å². The van der Waals surface area contributed by atoms with Crippen molar-refractivity contribution in [3.63, 3.8) is 0 Å². The average Bonchev–Trinajstić information content (AvgIpc) is 3.20. The maximum absolute atomic E-state index is 13.1. The van der Waals surface area contributed by atoms with E-state index in [2.05, 4.69) is 36.1 Å². The molecule has 7 nitrogen and oxygen atoms in total. The number of nitrogens with zero attached hydrogens (tertiary/aromatic N) is 6. The molecule has 1 atom stereocenters. The predicted molar refractivity (Wildman–Crippen MR) is 100 cm³/mol. The molecule has 0 aliphatic carbocycles. The highest BCUT2D eigenvalue weighted by Crippen LogP contribution is 2.35. The molecular formula is C19H25F3N6O. The third kappa shape index (κ3) is 3.64. The Morgan fingerprint density at radius 1 is 1.17 bits per heavy atom. The van der Waals surface area contributed by atoms with Crippen LogP contribution in [0.25, 0.3) is 5.65 Å². The first kappa shape index (κ1) is 19.9. The first-order valence-corrected chi connectivity index (χ1v) is 9.92. The van der Waals surface area contributed by atoms with Crippen molar-refractivity contribution < 1.29 is 18.0 Å².